The number of hydrogen-bond acceptors (Lipinski definition) is 2. The van der Waals surface area contributed by atoms with Gasteiger partial charge in [-0.25, -0.2) is 0 Å². The van der Waals surface area contributed by atoms with Gasteiger partial charge in [0.05, 0.1) is 0 Å². The van der Waals surface area contributed by atoms with Gasteiger partial charge in [0.25, 0.3) is 0 Å². The van der Waals surface area contributed by atoms with E-state index in [1.807, 2.05) is 0 Å². The highest BCUT2D eigenvalue weighted by Gasteiger charge is 2.29. The van der Waals surface area contributed by atoms with Crippen molar-refractivity contribution in [2.24, 2.45) is 5.73 Å². The van der Waals surface area contributed by atoms with E-state index in [2.05, 4.69) is 11.8 Å². The van der Waals surface area contributed by atoms with E-state index in [1.165, 1.54) is 64.3 Å². The second-order valence-corrected chi connectivity index (χ2v) is 5.81. The molecular formula is C14H28N2. The molecule has 0 bridgehead atoms. The molecule has 3 atom stereocenters. The van der Waals surface area contributed by atoms with E-state index < -0.39 is 0 Å². The molecule has 0 aromatic heterocycles. The van der Waals surface area contributed by atoms with Crippen LogP contribution >= 0.6 is 0 Å². The van der Waals surface area contributed by atoms with Gasteiger partial charge in [0.15, 0.2) is 0 Å². The summed E-state index contributed by atoms with van der Waals surface area (Å²) in [4.78, 5) is 2.74. The van der Waals surface area contributed by atoms with Gasteiger partial charge in [0.1, 0.15) is 0 Å². The van der Waals surface area contributed by atoms with Gasteiger partial charge in [0, 0.05) is 18.1 Å². The molecule has 1 heterocycles. The van der Waals surface area contributed by atoms with Gasteiger partial charge in [-0.15, -0.1) is 0 Å². The minimum absolute atomic E-state index is 0.433. The van der Waals surface area contributed by atoms with Crippen molar-refractivity contribution in [3.63, 3.8) is 0 Å². The van der Waals surface area contributed by atoms with Crippen LogP contribution in [0.4, 0.5) is 0 Å². The topological polar surface area (TPSA) is 29.3 Å². The molecular weight excluding hydrogens is 196 g/mol. The van der Waals surface area contributed by atoms with Gasteiger partial charge in [0.2, 0.25) is 0 Å². The molecule has 2 rings (SSSR count). The van der Waals surface area contributed by atoms with Crippen molar-refractivity contribution in [3.05, 3.63) is 0 Å². The van der Waals surface area contributed by atoms with Crippen molar-refractivity contribution in [2.75, 3.05) is 6.54 Å². The molecule has 1 saturated carbocycles. The van der Waals surface area contributed by atoms with Crippen LogP contribution in [0.3, 0.4) is 0 Å². The highest BCUT2D eigenvalue weighted by atomic mass is 15.2. The zero-order valence-corrected chi connectivity index (χ0v) is 10.8. The Hall–Kier alpha value is -0.0800. The van der Waals surface area contributed by atoms with Crippen LogP contribution in [0, 0.1) is 0 Å². The molecule has 1 saturated heterocycles. The fourth-order valence-electron chi connectivity index (χ4n) is 3.52. The van der Waals surface area contributed by atoms with Gasteiger partial charge in [-0.2, -0.15) is 0 Å². The first-order valence-corrected chi connectivity index (χ1v) is 7.30. The normalized spacial score (nSPS) is 39.0. The second-order valence-electron chi connectivity index (χ2n) is 5.81. The molecule has 1 aliphatic heterocycles. The monoisotopic (exact) mass is 224 g/mol. The van der Waals surface area contributed by atoms with Crippen LogP contribution in [0.2, 0.25) is 0 Å². The number of nitrogens with zero attached hydrogens (tertiary/aromatic N) is 1. The molecule has 0 amide bonds. The minimum atomic E-state index is 0.433. The molecule has 1 aliphatic carbocycles. The SMILES string of the molecule is CC1CCCCCN1C1CCCCCC1N. The quantitative estimate of drug-likeness (QED) is 0.694. The van der Waals surface area contributed by atoms with E-state index in [0.29, 0.717) is 12.1 Å². The van der Waals surface area contributed by atoms with E-state index in [-0.39, 0.29) is 0 Å². The summed E-state index contributed by atoms with van der Waals surface area (Å²) in [6, 6.07) is 1.87. The standard InChI is InChI=1S/C14H28N2/c1-12-8-4-3-7-11-16(12)14-10-6-2-5-9-13(14)15/h12-14H,2-11,15H2,1H3. The lowest BCUT2D eigenvalue weighted by atomic mass is 10.00. The Bertz CT molecular complexity index is 183. The van der Waals surface area contributed by atoms with Crippen molar-refractivity contribution < 1.29 is 0 Å². The average molecular weight is 224 g/mol. The van der Waals surface area contributed by atoms with Crippen molar-refractivity contribution in [2.45, 2.75) is 82.8 Å². The fraction of sp³-hybridized carbons (Fsp3) is 1.00. The Morgan fingerprint density at radius 3 is 2.44 bits per heavy atom. The van der Waals surface area contributed by atoms with E-state index in [1.54, 1.807) is 0 Å². The Labute approximate surface area is 101 Å². The van der Waals surface area contributed by atoms with E-state index in [9.17, 15) is 0 Å². The Morgan fingerprint density at radius 1 is 0.875 bits per heavy atom. The third-order valence-electron chi connectivity index (χ3n) is 4.56. The lowest BCUT2D eigenvalue weighted by Gasteiger charge is -2.38. The maximum Gasteiger partial charge on any atom is 0.0250 e. The Morgan fingerprint density at radius 2 is 1.56 bits per heavy atom. The molecule has 2 aliphatic rings. The minimum Gasteiger partial charge on any atom is -0.326 e. The smallest absolute Gasteiger partial charge is 0.0250 e. The van der Waals surface area contributed by atoms with Gasteiger partial charge < -0.3 is 5.73 Å². The first-order valence-electron chi connectivity index (χ1n) is 7.30. The molecule has 2 N–H and O–H groups in total. The third-order valence-corrected chi connectivity index (χ3v) is 4.56. The van der Waals surface area contributed by atoms with Crippen LogP contribution in [0.5, 0.6) is 0 Å². The van der Waals surface area contributed by atoms with E-state index >= 15 is 0 Å². The summed E-state index contributed by atoms with van der Waals surface area (Å²) < 4.78 is 0. The lowest BCUT2D eigenvalue weighted by Crippen LogP contribution is -2.50. The summed E-state index contributed by atoms with van der Waals surface area (Å²) in [5.41, 5.74) is 6.38. The largest absolute Gasteiger partial charge is 0.326 e. The Balaban J connectivity index is 2.01. The predicted octanol–water partition coefficient (Wildman–Crippen LogP) is 2.91. The van der Waals surface area contributed by atoms with E-state index in [0.717, 1.165) is 6.04 Å². The predicted molar refractivity (Wildman–Crippen MR) is 69.5 cm³/mol. The van der Waals surface area contributed by atoms with Crippen molar-refractivity contribution in [1.29, 1.82) is 0 Å². The number of hydrogen-bond donors (Lipinski definition) is 1. The van der Waals surface area contributed by atoms with Crippen LogP contribution in [-0.2, 0) is 0 Å². The van der Waals surface area contributed by atoms with Gasteiger partial charge >= 0.3 is 0 Å². The van der Waals surface area contributed by atoms with Crippen LogP contribution in [0.25, 0.3) is 0 Å². The zero-order chi connectivity index (χ0) is 11.4. The molecule has 0 aromatic rings. The molecule has 0 spiro atoms. The summed E-state index contributed by atoms with van der Waals surface area (Å²) in [7, 11) is 0. The van der Waals surface area contributed by atoms with Crippen LogP contribution in [0.1, 0.15) is 64.7 Å². The van der Waals surface area contributed by atoms with Crippen LogP contribution in [0.15, 0.2) is 0 Å². The Kier molecular flexibility index (Phi) is 4.66. The number of rotatable bonds is 1. The summed E-state index contributed by atoms with van der Waals surface area (Å²) >= 11 is 0. The zero-order valence-electron chi connectivity index (χ0n) is 10.8. The maximum absolute atomic E-state index is 6.38. The van der Waals surface area contributed by atoms with E-state index in [4.69, 9.17) is 5.73 Å². The number of likely N-dealkylation sites (tertiary alicyclic amines) is 1. The number of nitrogens with two attached hydrogens (primary N) is 1. The molecule has 2 nitrogen and oxygen atoms in total. The third kappa shape index (κ3) is 2.98. The summed E-state index contributed by atoms with van der Waals surface area (Å²) in [5.74, 6) is 0. The van der Waals surface area contributed by atoms with Crippen LogP contribution < -0.4 is 5.73 Å². The molecule has 16 heavy (non-hydrogen) atoms. The van der Waals surface area contributed by atoms with Crippen molar-refractivity contribution in [3.8, 4) is 0 Å². The molecule has 94 valence electrons. The highest BCUT2D eigenvalue weighted by Crippen LogP contribution is 2.26. The van der Waals surface area contributed by atoms with Gasteiger partial charge in [-0.05, 0) is 39.2 Å². The highest BCUT2D eigenvalue weighted by molar-refractivity contribution is 4.88. The molecule has 0 radical (unpaired) electrons. The average Bonchev–Trinajstić information content (AvgIpc) is 2.59. The second kappa shape index (κ2) is 6.02. The molecule has 3 unspecified atom stereocenters. The maximum atomic E-state index is 6.38. The van der Waals surface area contributed by atoms with Crippen LogP contribution in [-0.4, -0.2) is 29.6 Å². The van der Waals surface area contributed by atoms with Gasteiger partial charge in [-0.3, -0.25) is 4.90 Å². The lowest BCUT2D eigenvalue weighted by molar-refractivity contribution is 0.120. The summed E-state index contributed by atoms with van der Waals surface area (Å²) in [5, 5.41) is 0. The summed E-state index contributed by atoms with van der Waals surface area (Å²) in [6.07, 6.45) is 12.3. The first-order chi connectivity index (χ1) is 7.79. The molecule has 2 fully saturated rings. The molecule has 2 heteroatoms. The first kappa shape index (κ1) is 12.4. The van der Waals surface area contributed by atoms with Gasteiger partial charge in [-0.1, -0.05) is 32.1 Å². The fourth-order valence-corrected chi connectivity index (χ4v) is 3.52. The van der Waals surface area contributed by atoms with Crippen molar-refractivity contribution in [1.82, 2.24) is 4.90 Å². The van der Waals surface area contributed by atoms with Crippen molar-refractivity contribution >= 4 is 0 Å². The summed E-state index contributed by atoms with van der Waals surface area (Å²) in [6.45, 7) is 3.70. The molecule has 0 aromatic carbocycles.